The Bertz CT molecular complexity index is 627. The molecule has 1 aromatic carbocycles. The molecule has 0 saturated carbocycles. The fraction of sp³-hybridized carbons (Fsp3) is 0.417. The quantitative estimate of drug-likeness (QED) is 0.790. The summed E-state index contributed by atoms with van der Waals surface area (Å²) >= 11 is 11.1. The van der Waals surface area contributed by atoms with Gasteiger partial charge >= 0.3 is 0 Å². The molecule has 0 spiro atoms. The van der Waals surface area contributed by atoms with E-state index in [1.807, 2.05) is 4.57 Å². The molecule has 2 rings (SSSR count). The number of fused-ring (bicyclic) bond motifs is 1. The monoisotopic (exact) mass is 272 g/mol. The third kappa shape index (κ3) is 2.00. The Balaban J connectivity index is 2.85. The van der Waals surface area contributed by atoms with Crippen LogP contribution in [0.25, 0.3) is 11.0 Å². The van der Waals surface area contributed by atoms with Gasteiger partial charge in [0.25, 0.3) is 0 Å². The largest absolute Gasteiger partial charge is 0.331 e. The van der Waals surface area contributed by atoms with Crippen molar-refractivity contribution >= 4 is 34.9 Å². The van der Waals surface area contributed by atoms with Crippen molar-refractivity contribution in [1.82, 2.24) is 9.55 Å². The molecule has 0 saturated heterocycles. The number of benzene rings is 1. The third-order valence-corrected chi connectivity index (χ3v) is 3.77. The van der Waals surface area contributed by atoms with Crippen LogP contribution in [0.5, 0.6) is 0 Å². The molecule has 2 aromatic rings. The van der Waals surface area contributed by atoms with Crippen LogP contribution in [0.15, 0.2) is 12.1 Å². The minimum Gasteiger partial charge on any atom is -0.331 e. The van der Waals surface area contributed by atoms with E-state index in [4.69, 9.17) is 23.8 Å². The lowest BCUT2D eigenvalue weighted by Crippen LogP contribution is -2.25. The number of H-pyrrole nitrogens is 1. The molecule has 5 heteroatoms. The van der Waals surface area contributed by atoms with Gasteiger partial charge < -0.3 is 9.55 Å². The number of hydrogen-bond acceptors (Lipinski definition) is 1. The van der Waals surface area contributed by atoms with Crippen molar-refractivity contribution < 1.29 is 4.39 Å². The number of nitrogens with one attached hydrogen (secondary N) is 1. The molecule has 1 aromatic heterocycles. The first-order chi connectivity index (χ1) is 7.86. The van der Waals surface area contributed by atoms with E-state index >= 15 is 0 Å². The smallest absolute Gasteiger partial charge is 0.178 e. The summed E-state index contributed by atoms with van der Waals surface area (Å²) in [5, 5.41) is 0.107. The number of aromatic amines is 1. The van der Waals surface area contributed by atoms with Gasteiger partial charge in [0.05, 0.1) is 16.1 Å². The molecule has 0 aliphatic carbocycles. The summed E-state index contributed by atoms with van der Waals surface area (Å²) in [6.45, 7) is 6.22. The summed E-state index contributed by atoms with van der Waals surface area (Å²) in [4.78, 5) is 3.06. The van der Waals surface area contributed by atoms with Crippen molar-refractivity contribution in [3.05, 3.63) is 27.7 Å². The second-order valence-electron chi connectivity index (χ2n) is 4.72. The van der Waals surface area contributed by atoms with E-state index in [0.29, 0.717) is 4.77 Å². The Morgan fingerprint density at radius 3 is 2.71 bits per heavy atom. The van der Waals surface area contributed by atoms with E-state index < -0.39 is 5.82 Å². The molecule has 2 nitrogen and oxygen atoms in total. The van der Waals surface area contributed by atoms with Crippen molar-refractivity contribution in [1.29, 1.82) is 0 Å². The lowest BCUT2D eigenvalue weighted by molar-refractivity contribution is 0.348. The molecular weight excluding hydrogens is 259 g/mol. The van der Waals surface area contributed by atoms with Crippen LogP contribution in [0, 0.1) is 10.6 Å². The van der Waals surface area contributed by atoms with E-state index in [2.05, 4.69) is 25.8 Å². The molecule has 1 N–H and O–H groups in total. The molecule has 17 heavy (non-hydrogen) atoms. The van der Waals surface area contributed by atoms with Crippen molar-refractivity contribution in [2.45, 2.75) is 32.7 Å². The van der Waals surface area contributed by atoms with Gasteiger partial charge in [-0.2, -0.15) is 0 Å². The molecule has 92 valence electrons. The summed E-state index contributed by atoms with van der Waals surface area (Å²) in [6.07, 6.45) is 0.901. The summed E-state index contributed by atoms with van der Waals surface area (Å²) in [6, 6.07) is 3.01. The van der Waals surface area contributed by atoms with Gasteiger partial charge in [0.1, 0.15) is 5.82 Å². The Labute approximate surface area is 109 Å². The van der Waals surface area contributed by atoms with Gasteiger partial charge in [-0.3, -0.25) is 0 Å². The highest BCUT2D eigenvalue weighted by molar-refractivity contribution is 7.71. The Kier molecular flexibility index (Phi) is 3.04. The van der Waals surface area contributed by atoms with E-state index in [0.717, 1.165) is 17.5 Å². The molecule has 1 heterocycles. The normalized spacial score (nSPS) is 12.3. The van der Waals surface area contributed by atoms with Gasteiger partial charge in [-0.05, 0) is 38.6 Å². The predicted octanol–water partition coefficient (Wildman–Crippen LogP) is 4.64. The molecule has 0 amide bonds. The standard InChI is InChI=1S/C12H14ClFN2S/c1-4-12(2,3)16-10-6-8(14)7(13)5-9(10)15-11(16)17/h5-6H,4H2,1-3H3,(H,15,17). The highest BCUT2D eigenvalue weighted by atomic mass is 35.5. The molecule has 0 bridgehead atoms. The highest BCUT2D eigenvalue weighted by Gasteiger charge is 2.22. The van der Waals surface area contributed by atoms with Crippen LogP contribution in [0.3, 0.4) is 0 Å². The van der Waals surface area contributed by atoms with Crippen LogP contribution in [-0.4, -0.2) is 9.55 Å². The average molecular weight is 273 g/mol. The Morgan fingerprint density at radius 2 is 2.12 bits per heavy atom. The number of rotatable bonds is 2. The van der Waals surface area contributed by atoms with Crippen molar-refractivity contribution in [3.63, 3.8) is 0 Å². The summed E-state index contributed by atoms with van der Waals surface area (Å²) in [5.41, 5.74) is 1.36. The average Bonchev–Trinajstić information content (AvgIpc) is 2.55. The zero-order valence-corrected chi connectivity index (χ0v) is 11.5. The van der Waals surface area contributed by atoms with Crippen LogP contribution < -0.4 is 0 Å². The molecule has 0 aliphatic rings. The summed E-state index contributed by atoms with van der Waals surface area (Å²) in [5.74, 6) is -0.422. The predicted molar refractivity (Wildman–Crippen MR) is 71.7 cm³/mol. The summed E-state index contributed by atoms with van der Waals surface area (Å²) < 4.78 is 16.1. The first-order valence-electron chi connectivity index (χ1n) is 5.47. The highest BCUT2D eigenvalue weighted by Crippen LogP contribution is 2.29. The van der Waals surface area contributed by atoms with Crippen LogP contribution in [0.4, 0.5) is 4.39 Å². The van der Waals surface area contributed by atoms with Crippen molar-refractivity contribution in [2.75, 3.05) is 0 Å². The topological polar surface area (TPSA) is 20.7 Å². The van der Waals surface area contributed by atoms with Crippen LogP contribution in [0.1, 0.15) is 27.2 Å². The first-order valence-corrected chi connectivity index (χ1v) is 6.25. The third-order valence-electron chi connectivity index (χ3n) is 3.19. The zero-order valence-electron chi connectivity index (χ0n) is 9.97. The van der Waals surface area contributed by atoms with Gasteiger partial charge in [0, 0.05) is 11.6 Å². The maximum absolute atomic E-state index is 13.5. The number of hydrogen-bond donors (Lipinski definition) is 1. The Hall–Kier alpha value is -0.870. The molecule has 0 radical (unpaired) electrons. The van der Waals surface area contributed by atoms with E-state index in [1.54, 1.807) is 6.07 Å². The number of nitrogens with zero attached hydrogens (tertiary/aromatic N) is 1. The minimum absolute atomic E-state index is 0.107. The van der Waals surface area contributed by atoms with Gasteiger partial charge in [0.15, 0.2) is 4.77 Å². The molecule has 0 unspecified atom stereocenters. The fourth-order valence-corrected chi connectivity index (χ4v) is 2.48. The maximum atomic E-state index is 13.5. The number of imidazole rings is 1. The SMILES string of the molecule is CCC(C)(C)n1c(=S)[nH]c2cc(Cl)c(F)cc21. The second kappa shape index (κ2) is 4.10. The molecule has 0 atom stereocenters. The van der Waals surface area contributed by atoms with Crippen molar-refractivity contribution in [2.24, 2.45) is 0 Å². The maximum Gasteiger partial charge on any atom is 0.178 e. The molecular formula is C12H14ClFN2S. The Morgan fingerprint density at radius 1 is 1.47 bits per heavy atom. The second-order valence-corrected chi connectivity index (χ2v) is 5.51. The fourth-order valence-electron chi connectivity index (χ4n) is 1.86. The number of halogens is 2. The van der Waals surface area contributed by atoms with E-state index in [1.165, 1.54) is 6.07 Å². The van der Waals surface area contributed by atoms with E-state index in [-0.39, 0.29) is 10.6 Å². The lowest BCUT2D eigenvalue weighted by Gasteiger charge is -2.25. The van der Waals surface area contributed by atoms with Gasteiger partial charge in [-0.25, -0.2) is 4.39 Å². The van der Waals surface area contributed by atoms with E-state index in [9.17, 15) is 4.39 Å². The molecule has 0 aliphatic heterocycles. The van der Waals surface area contributed by atoms with Gasteiger partial charge in [-0.1, -0.05) is 18.5 Å². The minimum atomic E-state index is -0.422. The molecule has 0 fully saturated rings. The first kappa shape index (κ1) is 12.6. The van der Waals surface area contributed by atoms with Crippen LogP contribution in [-0.2, 0) is 5.54 Å². The zero-order chi connectivity index (χ0) is 12.8. The van der Waals surface area contributed by atoms with Crippen LogP contribution in [0.2, 0.25) is 5.02 Å². The van der Waals surface area contributed by atoms with Crippen molar-refractivity contribution in [3.8, 4) is 0 Å². The van der Waals surface area contributed by atoms with Gasteiger partial charge in [-0.15, -0.1) is 0 Å². The van der Waals surface area contributed by atoms with Crippen LogP contribution >= 0.6 is 23.8 Å². The lowest BCUT2D eigenvalue weighted by atomic mass is 10.0. The summed E-state index contributed by atoms with van der Waals surface area (Å²) in [7, 11) is 0. The number of aromatic nitrogens is 2. The van der Waals surface area contributed by atoms with Gasteiger partial charge in [0.2, 0.25) is 0 Å².